The molecule has 0 aliphatic heterocycles. The molecular weight excluding hydrogens is 300 g/mol. The number of hydrogen-bond donors (Lipinski definition) is 2. The maximum absolute atomic E-state index is 12.3. The van der Waals surface area contributed by atoms with E-state index in [2.05, 4.69) is 4.72 Å². The summed E-state index contributed by atoms with van der Waals surface area (Å²) in [6.45, 7) is 0. The number of rotatable bonds is 3. The lowest BCUT2D eigenvalue weighted by Crippen LogP contribution is -2.38. The van der Waals surface area contributed by atoms with Gasteiger partial charge in [-0.3, -0.25) is 0 Å². The fourth-order valence-corrected chi connectivity index (χ4v) is 4.07. The molecule has 2 rings (SSSR count). The summed E-state index contributed by atoms with van der Waals surface area (Å²) < 4.78 is 27.2. The Kier molecular flexibility index (Phi) is 4.66. The lowest BCUT2D eigenvalue weighted by atomic mass is 9.94. The van der Waals surface area contributed by atoms with Gasteiger partial charge in [-0.05, 0) is 37.8 Å². The Labute approximate surface area is 123 Å². The van der Waals surface area contributed by atoms with Gasteiger partial charge in [0.25, 0.3) is 0 Å². The van der Waals surface area contributed by atoms with Crippen LogP contribution in [-0.4, -0.2) is 25.7 Å². The van der Waals surface area contributed by atoms with E-state index in [1.165, 1.54) is 18.2 Å². The van der Waals surface area contributed by atoms with Crippen molar-refractivity contribution in [3.05, 3.63) is 28.8 Å². The number of aliphatic hydroxyl groups excluding tert-OH is 1. The van der Waals surface area contributed by atoms with Crippen molar-refractivity contribution in [2.75, 3.05) is 0 Å². The van der Waals surface area contributed by atoms with Gasteiger partial charge in [0.1, 0.15) is 11.0 Å². The topological polar surface area (TPSA) is 90.2 Å². The van der Waals surface area contributed by atoms with Crippen LogP contribution in [0.4, 0.5) is 0 Å². The quantitative estimate of drug-likeness (QED) is 0.890. The Morgan fingerprint density at radius 2 is 1.95 bits per heavy atom. The van der Waals surface area contributed by atoms with Crippen LogP contribution in [0.25, 0.3) is 0 Å². The van der Waals surface area contributed by atoms with E-state index < -0.39 is 10.0 Å². The maximum Gasteiger partial charge on any atom is 0.242 e. The maximum atomic E-state index is 12.3. The largest absolute Gasteiger partial charge is 0.393 e. The van der Waals surface area contributed by atoms with Gasteiger partial charge in [0.05, 0.1) is 16.7 Å². The van der Waals surface area contributed by atoms with Crippen LogP contribution >= 0.6 is 11.6 Å². The smallest absolute Gasteiger partial charge is 0.242 e. The van der Waals surface area contributed by atoms with Gasteiger partial charge in [0, 0.05) is 6.04 Å². The van der Waals surface area contributed by atoms with Crippen molar-refractivity contribution >= 4 is 21.6 Å². The zero-order chi connectivity index (χ0) is 14.8. The number of halogens is 1. The number of benzene rings is 1. The predicted octanol–water partition coefficient (Wildman–Crippen LogP) is 1.79. The zero-order valence-electron chi connectivity index (χ0n) is 10.7. The molecule has 7 heteroatoms. The van der Waals surface area contributed by atoms with Gasteiger partial charge < -0.3 is 5.11 Å². The third-order valence-corrected chi connectivity index (χ3v) is 5.27. The second-order valence-electron chi connectivity index (χ2n) is 4.85. The first kappa shape index (κ1) is 15.3. The van der Waals surface area contributed by atoms with Crippen molar-refractivity contribution in [2.24, 2.45) is 0 Å². The summed E-state index contributed by atoms with van der Waals surface area (Å²) in [6, 6.07) is 5.96. The summed E-state index contributed by atoms with van der Waals surface area (Å²) in [5, 5.41) is 18.6. The van der Waals surface area contributed by atoms with Gasteiger partial charge in [-0.25, -0.2) is 13.1 Å². The fourth-order valence-electron chi connectivity index (χ4n) is 2.31. The van der Waals surface area contributed by atoms with Gasteiger partial charge in [0.2, 0.25) is 10.0 Å². The lowest BCUT2D eigenvalue weighted by Gasteiger charge is -2.26. The summed E-state index contributed by atoms with van der Waals surface area (Å²) >= 11 is 5.85. The molecule has 0 saturated heterocycles. The molecule has 1 saturated carbocycles. The van der Waals surface area contributed by atoms with Gasteiger partial charge in [-0.2, -0.15) is 5.26 Å². The fraction of sp³-hybridized carbons (Fsp3) is 0.462. The molecular formula is C13H15ClN2O3S. The summed E-state index contributed by atoms with van der Waals surface area (Å²) in [5.41, 5.74) is -0.0440. The minimum absolute atomic E-state index is 0.0440. The first-order valence-corrected chi connectivity index (χ1v) is 8.19. The van der Waals surface area contributed by atoms with Crippen LogP contribution in [0.2, 0.25) is 5.02 Å². The Balaban J connectivity index is 2.23. The number of nitriles is 1. The van der Waals surface area contributed by atoms with Crippen LogP contribution in [0.15, 0.2) is 23.1 Å². The van der Waals surface area contributed by atoms with Crippen LogP contribution in [0, 0.1) is 11.3 Å². The minimum Gasteiger partial charge on any atom is -0.393 e. The van der Waals surface area contributed by atoms with Gasteiger partial charge in [-0.1, -0.05) is 17.7 Å². The molecule has 1 aromatic rings. The van der Waals surface area contributed by atoms with Crippen molar-refractivity contribution in [1.29, 1.82) is 5.26 Å². The van der Waals surface area contributed by atoms with Crippen molar-refractivity contribution in [3.63, 3.8) is 0 Å². The highest BCUT2D eigenvalue weighted by Crippen LogP contribution is 2.25. The molecule has 0 unspecified atom stereocenters. The van der Waals surface area contributed by atoms with Crippen LogP contribution in [0.1, 0.15) is 31.2 Å². The lowest BCUT2D eigenvalue weighted by molar-refractivity contribution is 0.120. The Bertz CT molecular complexity index is 632. The molecule has 2 N–H and O–H groups in total. The molecule has 108 valence electrons. The number of aliphatic hydroxyl groups is 1. The van der Waals surface area contributed by atoms with Gasteiger partial charge in [-0.15, -0.1) is 0 Å². The molecule has 0 amide bonds. The summed E-state index contributed by atoms with van der Waals surface area (Å²) in [6.07, 6.45) is 1.98. The highest BCUT2D eigenvalue weighted by atomic mass is 35.5. The first-order chi connectivity index (χ1) is 9.44. The van der Waals surface area contributed by atoms with Crippen LogP contribution < -0.4 is 4.72 Å². The van der Waals surface area contributed by atoms with E-state index >= 15 is 0 Å². The van der Waals surface area contributed by atoms with E-state index in [9.17, 15) is 13.5 Å². The third-order valence-electron chi connectivity index (χ3n) is 3.40. The van der Waals surface area contributed by atoms with Crippen molar-refractivity contribution in [3.8, 4) is 6.07 Å². The Hall–Kier alpha value is -1.13. The second-order valence-corrected chi connectivity index (χ2v) is 6.94. The van der Waals surface area contributed by atoms with Crippen LogP contribution in [0.3, 0.4) is 0 Å². The molecule has 0 radical (unpaired) electrons. The van der Waals surface area contributed by atoms with E-state index in [-0.39, 0.29) is 27.6 Å². The number of nitrogens with one attached hydrogen (secondary N) is 1. The number of nitrogens with zero attached hydrogens (tertiary/aromatic N) is 1. The SMILES string of the molecule is N#Cc1c(Cl)cccc1S(=O)(=O)NC1CCC(O)CC1. The van der Waals surface area contributed by atoms with Crippen molar-refractivity contribution < 1.29 is 13.5 Å². The monoisotopic (exact) mass is 314 g/mol. The van der Waals surface area contributed by atoms with E-state index in [4.69, 9.17) is 16.9 Å². The predicted molar refractivity (Wildman–Crippen MR) is 74.8 cm³/mol. The van der Waals surface area contributed by atoms with Crippen LogP contribution in [-0.2, 0) is 10.0 Å². The standard InChI is InChI=1S/C13H15ClN2O3S/c14-12-2-1-3-13(11(12)8-15)20(18,19)16-9-4-6-10(17)7-5-9/h1-3,9-10,16-17H,4-7H2. The second kappa shape index (κ2) is 6.10. The van der Waals surface area contributed by atoms with Crippen molar-refractivity contribution in [2.45, 2.75) is 42.7 Å². The molecule has 1 aromatic carbocycles. The van der Waals surface area contributed by atoms with Gasteiger partial charge >= 0.3 is 0 Å². The molecule has 1 aliphatic rings. The molecule has 0 atom stereocenters. The number of hydrogen-bond acceptors (Lipinski definition) is 4. The van der Waals surface area contributed by atoms with Crippen molar-refractivity contribution in [1.82, 2.24) is 4.72 Å². The van der Waals surface area contributed by atoms with E-state index in [0.717, 1.165) is 0 Å². The first-order valence-electron chi connectivity index (χ1n) is 6.33. The Morgan fingerprint density at radius 1 is 1.30 bits per heavy atom. The van der Waals surface area contributed by atoms with E-state index in [1.54, 1.807) is 0 Å². The number of sulfonamides is 1. The van der Waals surface area contributed by atoms with Gasteiger partial charge in [0.15, 0.2) is 0 Å². The molecule has 0 bridgehead atoms. The minimum atomic E-state index is -3.78. The zero-order valence-corrected chi connectivity index (χ0v) is 12.3. The molecule has 1 aliphatic carbocycles. The normalized spacial score (nSPS) is 23.2. The molecule has 0 spiro atoms. The average molecular weight is 315 g/mol. The van der Waals surface area contributed by atoms with E-state index in [1.807, 2.05) is 6.07 Å². The van der Waals surface area contributed by atoms with E-state index in [0.29, 0.717) is 25.7 Å². The molecule has 5 nitrogen and oxygen atoms in total. The average Bonchev–Trinajstić information content (AvgIpc) is 2.41. The molecule has 1 fully saturated rings. The molecule has 0 aromatic heterocycles. The summed E-state index contributed by atoms with van der Waals surface area (Å²) in [4.78, 5) is -0.0985. The summed E-state index contributed by atoms with van der Waals surface area (Å²) in [7, 11) is -3.78. The van der Waals surface area contributed by atoms with Crippen LogP contribution in [0.5, 0.6) is 0 Å². The summed E-state index contributed by atoms with van der Waals surface area (Å²) in [5.74, 6) is 0. The third kappa shape index (κ3) is 3.30. The highest BCUT2D eigenvalue weighted by Gasteiger charge is 2.27. The Morgan fingerprint density at radius 3 is 2.55 bits per heavy atom. The highest BCUT2D eigenvalue weighted by molar-refractivity contribution is 7.89. The molecule has 0 heterocycles. The molecule has 20 heavy (non-hydrogen) atoms.